The van der Waals surface area contributed by atoms with Gasteiger partial charge in [0.05, 0.1) is 22.4 Å². The van der Waals surface area contributed by atoms with Crippen LogP contribution in [-0.4, -0.2) is 28.5 Å². The van der Waals surface area contributed by atoms with Crippen LogP contribution in [0, 0.1) is 20.2 Å². The SMILES string of the molecule is COc1cc([C@H](C[N+](=O)[O-])c2c[nH]c3ccccc23)cc(Br)c1OCc1cccc([N+](=O)[O-])c1. The van der Waals surface area contributed by atoms with Crippen molar-refractivity contribution in [2.45, 2.75) is 12.5 Å². The van der Waals surface area contributed by atoms with Crippen LogP contribution in [0.3, 0.4) is 0 Å². The normalized spacial score (nSPS) is 11.8. The van der Waals surface area contributed by atoms with Crippen molar-refractivity contribution >= 4 is 32.5 Å². The lowest BCUT2D eigenvalue weighted by Crippen LogP contribution is -2.14. The highest BCUT2D eigenvalue weighted by Gasteiger charge is 2.26. The number of aromatic amines is 1. The summed E-state index contributed by atoms with van der Waals surface area (Å²) >= 11 is 3.51. The summed E-state index contributed by atoms with van der Waals surface area (Å²) in [5.74, 6) is 0.265. The molecule has 9 nitrogen and oxygen atoms in total. The van der Waals surface area contributed by atoms with Crippen LogP contribution < -0.4 is 9.47 Å². The average Bonchev–Trinajstić information content (AvgIpc) is 3.25. The van der Waals surface area contributed by atoms with E-state index in [2.05, 4.69) is 20.9 Å². The number of methoxy groups -OCH3 is 1. The summed E-state index contributed by atoms with van der Waals surface area (Å²) in [4.78, 5) is 24.9. The van der Waals surface area contributed by atoms with Crippen LogP contribution in [-0.2, 0) is 6.61 Å². The summed E-state index contributed by atoms with van der Waals surface area (Å²) in [5.41, 5.74) is 2.99. The van der Waals surface area contributed by atoms with Crippen molar-refractivity contribution in [2.75, 3.05) is 13.7 Å². The van der Waals surface area contributed by atoms with Crippen molar-refractivity contribution in [3.63, 3.8) is 0 Å². The second-order valence-corrected chi connectivity index (χ2v) is 8.46. The van der Waals surface area contributed by atoms with Gasteiger partial charge < -0.3 is 14.5 Å². The lowest BCUT2D eigenvalue weighted by molar-refractivity contribution is -0.481. The highest BCUT2D eigenvalue weighted by atomic mass is 79.9. The number of halogens is 1. The van der Waals surface area contributed by atoms with Gasteiger partial charge in [-0.1, -0.05) is 30.3 Å². The van der Waals surface area contributed by atoms with Crippen molar-refractivity contribution in [2.24, 2.45) is 0 Å². The van der Waals surface area contributed by atoms with Gasteiger partial charge in [-0.15, -0.1) is 0 Å². The summed E-state index contributed by atoms with van der Waals surface area (Å²) in [7, 11) is 1.49. The van der Waals surface area contributed by atoms with E-state index in [1.807, 2.05) is 24.3 Å². The van der Waals surface area contributed by atoms with Gasteiger partial charge in [-0.2, -0.15) is 0 Å². The van der Waals surface area contributed by atoms with E-state index in [1.54, 1.807) is 30.5 Å². The molecule has 0 aliphatic heterocycles. The maximum atomic E-state index is 11.5. The molecule has 0 aliphatic rings. The van der Waals surface area contributed by atoms with Crippen LogP contribution in [0.4, 0.5) is 5.69 Å². The molecule has 1 heterocycles. The van der Waals surface area contributed by atoms with Gasteiger partial charge in [-0.3, -0.25) is 20.2 Å². The lowest BCUT2D eigenvalue weighted by atomic mass is 9.90. The summed E-state index contributed by atoms with van der Waals surface area (Å²) in [6, 6.07) is 17.3. The number of nitro groups is 2. The Morgan fingerprint density at radius 1 is 1.06 bits per heavy atom. The largest absolute Gasteiger partial charge is 0.493 e. The van der Waals surface area contributed by atoms with Gasteiger partial charge in [0.15, 0.2) is 11.5 Å². The fourth-order valence-corrected chi connectivity index (χ4v) is 4.49. The molecular formula is C24H20BrN3O6. The number of benzene rings is 3. The van der Waals surface area contributed by atoms with Gasteiger partial charge in [0.1, 0.15) is 6.61 Å². The van der Waals surface area contributed by atoms with Crippen LogP contribution in [0.15, 0.2) is 71.3 Å². The minimum Gasteiger partial charge on any atom is -0.493 e. The molecule has 3 aromatic carbocycles. The molecule has 1 N–H and O–H groups in total. The summed E-state index contributed by atoms with van der Waals surface area (Å²) in [5, 5.41) is 23.5. The standard InChI is InChI=1S/C24H20BrN3O6/c1-33-23-11-16(20(13-27(29)30)19-12-26-22-8-3-2-7-18(19)22)10-21(25)24(23)34-14-15-5-4-6-17(9-15)28(31)32/h2-12,20,26H,13-14H2,1H3/t20-/m0/s1. The molecule has 0 unspecified atom stereocenters. The minimum atomic E-state index is -0.526. The Kier molecular flexibility index (Phi) is 6.78. The van der Waals surface area contributed by atoms with Crippen LogP contribution >= 0.6 is 15.9 Å². The number of hydrogen-bond acceptors (Lipinski definition) is 6. The molecule has 0 bridgehead atoms. The fourth-order valence-electron chi connectivity index (χ4n) is 3.91. The lowest BCUT2D eigenvalue weighted by Gasteiger charge is -2.18. The topological polar surface area (TPSA) is 121 Å². The number of non-ortho nitro benzene ring substituents is 1. The van der Waals surface area contributed by atoms with Crippen molar-refractivity contribution in [3.8, 4) is 11.5 Å². The summed E-state index contributed by atoms with van der Waals surface area (Å²) in [6.07, 6.45) is 1.80. The van der Waals surface area contributed by atoms with Crippen molar-refractivity contribution in [1.82, 2.24) is 4.98 Å². The molecule has 0 aliphatic carbocycles. The molecule has 0 saturated carbocycles. The highest BCUT2D eigenvalue weighted by Crippen LogP contribution is 2.41. The van der Waals surface area contributed by atoms with E-state index in [1.165, 1.54) is 19.2 Å². The number of nitrogens with one attached hydrogen (secondary N) is 1. The molecule has 34 heavy (non-hydrogen) atoms. The number of H-pyrrole nitrogens is 1. The van der Waals surface area contributed by atoms with Gasteiger partial charge >= 0.3 is 0 Å². The third-order valence-corrected chi connectivity index (χ3v) is 6.08. The predicted molar refractivity (Wildman–Crippen MR) is 130 cm³/mol. The first-order valence-electron chi connectivity index (χ1n) is 10.3. The van der Waals surface area contributed by atoms with Gasteiger partial charge in [-0.25, -0.2) is 0 Å². The molecule has 4 rings (SSSR count). The van der Waals surface area contributed by atoms with E-state index < -0.39 is 10.8 Å². The molecule has 10 heteroatoms. The monoisotopic (exact) mass is 525 g/mol. The highest BCUT2D eigenvalue weighted by molar-refractivity contribution is 9.10. The quantitative estimate of drug-likeness (QED) is 0.216. The van der Waals surface area contributed by atoms with Gasteiger partial charge in [0.25, 0.3) is 5.69 Å². The zero-order valence-corrected chi connectivity index (χ0v) is 19.7. The number of para-hydroxylation sites is 1. The molecule has 0 radical (unpaired) electrons. The Morgan fingerprint density at radius 2 is 1.85 bits per heavy atom. The Bertz CT molecular complexity index is 1370. The Morgan fingerprint density at radius 3 is 2.59 bits per heavy atom. The van der Waals surface area contributed by atoms with E-state index in [0.717, 1.165) is 16.5 Å². The van der Waals surface area contributed by atoms with Crippen LogP contribution in [0.1, 0.15) is 22.6 Å². The molecule has 0 fully saturated rings. The Balaban J connectivity index is 1.68. The average molecular weight is 526 g/mol. The second-order valence-electron chi connectivity index (χ2n) is 7.61. The predicted octanol–water partition coefficient (Wildman–Crippen LogP) is 5.83. The number of nitrogens with zero attached hydrogens (tertiary/aromatic N) is 2. The van der Waals surface area contributed by atoms with E-state index >= 15 is 0 Å². The second kappa shape index (κ2) is 9.92. The zero-order chi connectivity index (χ0) is 24.2. The first kappa shape index (κ1) is 23.2. The summed E-state index contributed by atoms with van der Waals surface area (Å²) in [6.45, 7) is -0.220. The molecule has 4 aromatic rings. The van der Waals surface area contributed by atoms with Crippen LogP contribution in [0.2, 0.25) is 0 Å². The Hall–Kier alpha value is -3.92. The van der Waals surface area contributed by atoms with Crippen molar-refractivity contribution in [3.05, 3.63) is 108 Å². The number of ether oxygens (including phenoxy) is 2. The fraction of sp³-hybridized carbons (Fsp3) is 0.167. The van der Waals surface area contributed by atoms with Crippen molar-refractivity contribution < 1.29 is 19.3 Å². The number of rotatable bonds is 9. The van der Waals surface area contributed by atoms with E-state index in [-0.39, 0.29) is 23.8 Å². The molecule has 174 valence electrons. The number of hydrogen-bond donors (Lipinski definition) is 1. The van der Waals surface area contributed by atoms with E-state index in [0.29, 0.717) is 27.1 Å². The van der Waals surface area contributed by atoms with Gasteiger partial charge in [-0.05, 0) is 50.8 Å². The number of aromatic nitrogens is 1. The maximum absolute atomic E-state index is 11.5. The van der Waals surface area contributed by atoms with E-state index in [4.69, 9.17) is 9.47 Å². The van der Waals surface area contributed by atoms with Crippen LogP contribution in [0.5, 0.6) is 11.5 Å². The molecular weight excluding hydrogens is 506 g/mol. The smallest absolute Gasteiger partial charge is 0.269 e. The van der Waals surface area contributed by atoms with Crippen molar-refractivity contribution in [1.29, 1.82) is 0 Å². The molecule has 1 atom stereocenters. The maximum Gasteiger partial charge on any atom is 0.269 e. The minimum absolute atomic E-state index is 0.0242. The molecule has 0 spiro atoms. The molecule has 0 saturated heterocycles. The number of fused-ring (bicyclic) bond motifs is 1. The van der Waals surface area contributed by atoms with Gasteiger partial charge in [0, 0.05) is 34.2 Å². The third-order valence-electron chi connectivity index (χ3n) is 5.49. The molecule has 1 aromatic heterocycles. The number of nitro benzene ring substituents is 1. The first-order chi connectivity index (χ1) is 16.4. The first-order valence-corrected chi connectivity index (χ1v) is 11.1. The summed E-state index contributed by atoms with van der Waals surface area (Å²) < 4.78 is 12.0. The molecule has 0 amide bonds. The third kappa shape index (κ3) is 4.86. The Labute approximate surface area is 202 Å². The van der Waals surface area contributed by atoms with Crippen LogP contribution in [0.25, 0.3) is 10.9 Å². The van der Waals surface area contributed by atoms with E-state index in [9.17, 15) is 20.2 Å². The van der Waals surface area contributed by atoms with Gasteiger partial charge in [0.2, 0.25) is 6.54 Å². The zero-order valence-electron chi connectivity index (χ0n) is 18.1.